The maximum Gasteiger partial charge on any atom is 0.344 e. The van der Waals surface area contributed by atoms with Gasteiger partial charge in [-0.25, -0.2) is 4.79 Å². The van der Waals surface area contributed by atoms with E-state index < -0.39 is 16.8 Å². The van der Waals surface area contributed by atoms with Gasteiger partial charge in [0.1, 0.15) is 16.7 Å². The third-order valence-electron chi connectivity index (χ3n) is 5.61. The molecule has 0 heterocycles. The highest BCUT2D eigenvalue weighted by Gasteiger charge is 2.20. The Balaban J connectivity index is 1.63. The molecule has 0 aliphatic carbocycles. The van der Waals surface area contributed by atoms with Crippen molar-refractivity contribution in [2.24, 2.45) is 0 Å². The molecule has 0 radical (unpaired) electrons. The van der Waals surface area contributed by atoms with Crippen LogP contribution < -0.4 is 14.8 Å². The SMILES string of the molecule is CCOc1cc(/C=C(\C#N)C(=O)Nc2ccc(Cl)c([N+](=O)[O-])c2)cc(Br)c1OC(=O)c1cccc2ccccc12. The second-order valence-corrected chi connectivity index (χ2v) is 9.49. The largest absolute Gasteiger partial charge is 0.490 e. The molecule has 0 bridgehead atoms. The van der Waals surface area contributed by atoms with Gasteiger partial charge in [0, 0.05) is 11.8 Å². The number of nitrogens with zero attached hydrogens (tertiary/aromatic N) is 2. The molecule has 1 amide bonds. The summed E-state index contributed by atoms with van der Waals surface area (Å²) in [4.78, 5) is 36.4. The van der Waals surface area contributed by atoms with E-state index in [2.05, 4.69) is 21.2 Å². The van der Waals surface area contributed by atoms with E-state index in [0.29, 0.717) is 15.6 Å². The molecule has 4 aromatic carbocycles. The van der Waals surface area contributed by atoms with Crippen LogP contribution in [-0.4, -0.2) is 23.4 Å². The molecule has 0 aliphatic rings. The normalized spacial score (nSPS) is 11.0. The maximum atomic E-state index is 13.1. The predicted molar refractivity (Wildman–Crippen MR) is 155 cm³/mol. The predicted octanol–water partition coefficient (Wildman–Crippen LogP) is 7.33. The molecule has 200 valence electrons. The van der Waals surface area contributed by atoms with Crippen molar-refractivity contribution in [1.82, 2.24) is 0 Å². The number of halogens is 2. The number of nitro benzene ring substituents is 1. The number of rotatable bonds is 8. The van der Waals surface area contributed by atoms with E-state index >= 15 is 0 Å². The third-order valence-corrected chi connectivity index (χ3v) is 6.52. The summed E-state index contributed by atoms with van der Waals surface area (Å²) in [7, 11) is 0. The van der Waals surface area contributed by atoms with Crippen LogP contribution in [0.15, 0.2) is 82.8 Å². The van der Waals surface area contributed by atoms with E-state index in [-0.39, 0.29) is 40.1 Å². The smallest absolute Gasteiger partial charge is 0.344 e. The minimum absolute atomic E-state index is 0.0893. The van der Waals surface area contributed by atoms with Crippen molar-refractivity contribution in [2.45, 2.75) is 6.92 Å². The molecule has 0 saturated heterocycles. The quantitative estimate of drug-likeness (QED) is 0.0545. The highest BCUT2D eigenvalue weighted by molar-refractivity contribution is 9.10. The highest BCUT2D eigenvalue weighted by atomic mass is 79.9. The van der Waals surface area contributed by atoms with Crippen molar-refractivity contribution in [3.8, 4) is 17.6 Å². The molecule has 0 fully saturated rings. The van der Waals surface area contributed by atoms with E-state index in [9.17, 15) is 25.0 Å². The van der Waals surface area contributed by atoms with Crippen molar-refractivity contribution >= 4 is 67.6 Å². The molecule has 0 aliphatic heterocycles. The lowest BCUT2D eigenvalue weighted by Crippen LogP contribution is -2.13. The third kappa shape index (κ3) is 6.29. The van der Waals surface area contributed by atoms with E-state index in [0.717, 1.165) is 16.8 Å². The van der Waals surface area contributed by atoms with Gasteiger partial charge in [0.15, 0.2) is 11.5 Å². The van der Waals surface area contributed by atoms with Crippen LogP contribution in [-0.2, 0) is 4.79 Å². The van der Waals surface area contributed by atoms with Gasteiger partial charge in [-0.15, -0.1) is 0 Å². The number of ether oxygens (including phenoxy) is 2. The molecule has 1 N–H and O–H groups in total. The van der Waals surface area contributed by atoms with Crippen molar-refractivity contribution < 1.29 is 24.0 Å². The minimum atomic E-state index is -0.792. The number of nitro groups is 1. The molecule has 40 heavy (non-hydrogen) atoms. The molecule has 0 spiro atoms. The first-order chi connectivity index (χ1) is 19.2. The first-order valence-corrected chi connectivity index (χ1v) is 12.9. The Labute approximate surface area is 241 Å². The lowest BCUT2D eigenvalue weighted by molar-refractivity contribution is -0.384. The Hall–Kier alpha value is -4.72. The van der Waals surface area contributed by atoms with E-state index in [1.54, 1.807) is 25.1 Å². The average molecular weight is 621 g/mol. The molecule has 0 atom stereocenters. The summed E-state index contributed by atoms with van der Waals surface area (Å²) >= 11 is 9.22. The van der Waals surface area contributed by atoms with Gasteiger partial charge in [-0.3, -0.25) is 14.9 Å². The summed E-state index contributed by atoms with van der Waals surface area (Å²) in [6.07, 6.45) is 1.31. The molecule has 0 aromatic heterocycles. The molecule has 4 rings (SSSR count). The number of carbonyl (C=O) groups excluding carboxylic acids is 2. The van der Waals surface area contributed by atoms with E-state index in [1.807, 2.05) is 36.4 Å². The fourth-order valence-electron chi connectivity index (χ4n) is 3.83. The highest BCUT2D eigenvalue weighted by Crippen LogP contribution is 2.38. The van der Waals surface area contributed by atoms with Gasteiger partial charge in [0.25, 0.3) is 11.6 Å². The van der Waals surface area contributed by atoms with Crippen LogP contribution in [0, 0.1) is 21.4 Å². The Morgan fingerprint density at radius 3 is 2.60 bits per heavy atom. The number of carbonyl (C=O) groups is 2. The zero-order chi connectivity index (χ0) is 28.8. The minimum Gasteiger partial charge on any atom is -0.490 e. The van der Waals surface area contributed by atoms with Gasteiger partial charge < -0.3 is 14.8 Å². The van der Waals surface area contributed by atoms with Gasteiger partial charge in [-0.1, -0.05) is 48.0 Å². The topological polar surface area (TPSA) is 132 Å². The van der Waals surface area contributed by atoms with Crippen LogP contribution in [0.3, 0.4) is 0 Å². The van der Waals surface area contributed by atoms with Gasteiger partial charge >= 0.3 is 5.97 Å². The summed E-state index contributed by atoms with van der Waals surface area (Å²) < 4.78 is 11.8. The monoisotopic (exact) mass is 619 g/mol. The average Bonchev–Trinajstić information content (AvgIpc) is 2.94. The Morgan fingerprint density at radius 1 is 1.12 bits per heavy atom. The summed E-state index contributed by atoms with van der Waals surface area (Å²) in [5.41, 5.74) is 0.193. The van der Waals surface area contributed by atoms with E-state index in [4.69, 9.17) is 21.1 Å². The number of nitriles is 1. The Kier molecular flexibility index (Phi) is 8.79. The van der Waals surface area contributed by atoms with Crippen LogP contribution >= 0.6 is 27.5 Å². The second kappa shape index (κ2) is 12.4. The van der Waals surface area contributed by atoms with Gasteiger partial charge in [0.05, 0.1) is 21.6 Å². The van der Waals surface area contributed by atoms with Gasteiger partial charge in [-0.2, -0.15) is 5.26 Å². The number of amides is 1. The summed E-state index contributed by atoms with van der Waals surface area (Å²) in [5, 5.41) is 24.8. The lowest BCUT2D eigenvalue weighted by atomic mass is 10.0. The summed E-state index contributed by atoms with van der Waals surface area (Å²) in [5.74, 6) is -1.04. The first kappa shape index (κ1) is 28.3. The first-order valence-electron chi connectivity index (χ1n) is 11.7. The Morgan fingerprint density at radius 2 is 1.88 bits per heavy atom. The molecular weight excluding hydrogens is 602 g/mol. The molecular formula is C29H19BrClN3O6. The number of esters is 1. The van der Waals surface area contributed by atoms with Crippen molar-refractivity contribution in [2.75, 3.05) is 11.9 Å². The molecule has 4 aromatic rings. The second-order valence-electron chi connectivity index (χ2n) is 8.23. The lowest BCUT2D eigenvalue weighted by Gasteiger charge is -2.14. The summed E-state index contributed by atoms with van der Waals surface area (Å²) in [6, 6.07) is 21.4. The summed E-state index contributed by atoms with van der Waals surface area (Å²) in [6.45, 7) is 2.01. The fraction of sp³-hybridized carbons (Fsp3) is 0.0690. The molecule has 0 unspecified atom stereocenters. The molecule has 0 saturated carbocycles. The molecule has 9 nitrogen and oxygen atoms in total. The van der Waals surface area contributed by atoms with Crippen molar-refractivity contribution in [3.05, 3.63) is 109 Å². The zero-order valence-electron chi connectivity index (χ0n) is 20.8. The number of benzene rings is 4. The number of anilines is 1. The standard InChI is InChI=1S/C29H19BrClN3O6/c1-2-39-26-14-17(12-19(16-32)28(35)33-20-10-11-24(31)25(15-20)34(37)38)13-23(30)27(26)40-29(36)22-9-5-7-18-6-3-4-8-21(18)22/h3-15H,2H2,1H3,(H,33,35)/b19-12+. The number of hydrogen-bond donors (Lipinski definition) is 1. The number of nitrogens with one attached hydrogen (secondary N) is 1. The van der Waals surface area contributed by atoms with E-state index in [1.165, 1.54) is 24.3 Å². The van der Waals surface area contributed by atoms with Crippen LogP contribution in [0.2, 0.25) is 5.02 Å². The van der Waals surface area contributed by atoms with Gasteiger partial charge in [0.2, 0.25) is 0 Å². The van der Waals surface area contributed by atoms with Crippen LogP contribution in [0.4, 0.5) is 11.4 Å². The van der Waals surface area contributed by atoms with Crippen molar-refractivity contribution in [3.63, 3.8) is 0 Å². The van der Waals surface area contributed by atoms with Crippen LogP contribution in [0.5, 0.6) is 11.5 Å². The van der Waals surface area contributed by atoms with Crippen LogP contribution in [0.1, 0.15) is 22.8 Å². The van der Waals surface area contributed by atoms with Crippen molar-refractivity contribution in [1.29, 1.82) is 5.26 Å². The number of fused-ring (bicyclic) bond motifs is 1. The maximum absolute atomic E-state index is 13.1. The fourth-order valence-corrected chi connectivity index (χ4v) is 4.56. The molecule has 11 heteroatoms. The zero-order valence-corrected chi connectivity index (χ0v) is 23.2. The number of hydrogen-bond acceptors (Lipinski definition) is 7. The van der Waals surface area contributed by atoms with Gasteiger partial charge in [-0.05, 0) is 75.6 Å². The van der Waals surface area contributed by atoms with Crippen LogP contribution in [0.25, 0.3) is 16.8 Å². The Bertz CT molecular complexity index is 1730.